The Morgan fingerprint density at radius 3 is 2.83 bits per heavy atom. The maximum atomic E-state index is 12.9. The molecule has 1 N–H and O–H groups in total. The van der Waals surface area contributed by atoms with Gasteiger partial charge in [-0.05, 0) is 30.9 Å². The van der Waals surface area contributed by atoms with E-state index in [1.165, 1.54) is 0 Å². The number of Topliss-reactive ketones (excluding diaryl/α,β-unsaturated/α-hetero) is 1. The van der Waals surface area contributed by atoms with Gasteiger partial charge in [-0.15, -0.1) is 5.10 Å². The second-order valence-electron chi connectivity index (χ2n) is 7.67. The molecule has 4 rings (SSSR count). The number of thioether (sulfide) groups is 1. The van der Waals surface area contributed by atoms with Crippen LogP contribution in [0.2, 0.25) is 0 Å². The summed E-state index contributed by atoms with van der Waals surface area (Å²) in [5, 5.41) is 8.84. The van der Waals surface area contributed by atoms with Crippen LogP contribution in [-0.2, 0) is 4.79 Å². The average Bonchev–Trinajstić information content (AvgIpc) is 3.13. The molecule has 1 aromatic heterocycles. The number of rotatable bonds is 6. The minimum atomic E-state index is -0.365. The van der Waals surface area contributed by atoms with E-state index in [0.717, 1.165) is 35.4 Å². The molecule has 7 nitrogen and oxygen atoms in total. The van der Waals surface area contributed by atoms with Gasteiger partial charge in [-0.3, -0.25) is 4.79 Å². The number of ether oxygens (including phenoxy) is 2. The third-order valence-corrected chi connectivity index (χ3v) is 6.39. The Balaban J connectivity index is 1.83. The predicted octanol–water partition coefficient (Wildman–Crippen LogP) is 4.07. The minimum absolute atomic E-state index is 0.152. The van der Waals surface area contributed by atoms with Crippen molar-refractivity contribution in [1.82, 2.24) is 14.8 Å². The van der Waals surface area contributed by atoms with E-state index in [9.17, 15) is 4.79 Å². The van der Waals surface area contributed by atoms with E-state index in [4.69, 9.17) is 19.6 Å². The average molecular weight is 415 g/mol. The van der Waals surface area contributed by atoms with Crippen LogP contribution in [0.25, 0.3) is 0 Å². The van der Waals surface area contributed by atoms with E-state index in [2.05, 4.69) is 19.2 Å². The number of carbonyl (C=O) groups excluding carboxylic acids is 1. The summed E-state index contributed by atoms with van der Waals surface area (Å²) in [5.74, 6) is 3.67. The van der Waals surface area contributed by atoms with E-state index >= 15 is 0 Å². The van der Waals surface area contributed by atoms with E-state index < -0.39 is 0 Å². The van der Waals surface area contributed by atoms with Crippen molar-refractivity contribution in [2.24, 2.45) is 5.92 Å². The molecule has 0 unspecified atom stereocenters. The number of hydrogen-bond donors (Lipinski definition) is 1. The Hall–Kier alpha value is -2.48. The maximum absolute atomic E-state index is 12.9. The van der Waals surface area contributed by atoms with Gasteiger partial charge in [-0.25, -0.2) is 4.68 Å². The van der Waals surface area contributed by atoms with Gasteiger partial charge >= 0.3 is 0 Å². The molecule has 1 aliphatic heterocycles. The fourth-order valence-electron chi connectivity index (χ4n) is 3.77. The number of carbonyl (C=O) groups is 1. The molecule has 8 heteroatoms. The lowest BCUT2D eigenvalue weighted by molar-refractivity contribution is -0.116. The van der Waals surface area contributed by atoms with Gasteiger partial charge in [0, 0.05) is 35.1 Å². The van der Waals surface area contributed by atoms with Gasteiger partial charge in [-0.2, -0.15) is 4.98 Å². The summed E-state index contributed by atoms with van der Waals surface area (Å²) in [4.78, 5) is 17.6. The molecule has 0 saturated heterocycles. The lowest BCUT2D eigenvalue weighted by Crippen LogP contribution is -2.31. The van der Waals surface area contributed by atoms with Crippen LogP contribution in [0.1, 0.15) is 44.7 Å². The van der Waals surface area contributed by atoms with Crippen LogP contribution in [0.4, 0.5) is 5.95 Å². The fraction of sp³-hybridized carbons (Fsp3) is 0.476. The first-order valence-corrected chi connectivity index (χ1v) is 10.8. The van der Waals surface area contributed by atoms with Gasteiger partial charge in [0.05, 0.1) is 14.2 Å². The molecule has 1 aliphatic carbocycles. The highest BCUT2D eigenvalue weighted by Gasteiger charge is 2.38. The zero-order valence-electron chi connectivity index (χ0n) is 17.2. The van der Waals surface area contributed by atoms with Gasteiger partial charge in [0.15, 0.2) is 5.78 Å². The van der Waals surface area contributed by atoms with Crippen molar-refractivity contribution in [3.05, 3.63) is 35.0 Å². The van der Waals surface area contributed by atoms with Gasteiger partial charge < -0.3 is 14.8 Å². The smallest absolute Gasteiger partial charge is 0.227 e. The third kappa shape index (κ3) is 3.73. The number of methoxy groups -OCH3 is 2. The number of nitrogens with zero attached hydrogens (tertiary/aromatic N) is 3. The standard InChI is InChI=1S/C21H26N4O3S/c1-12(2)11-29-21-23-20-22-15-6-5-7-16(26)18(15)19(25(20)24-21)14-9-8-13(27-3)10-17(14)28-4/h8-10,12,19H,5-7,11H2,1-4H3,(H,22,23,24)/t19-/m0/s1. The molecular weight excluding hydrogens is 388 g/mol. The predicted molar refractivity (Wildman–Crippen MR) is 113 cm³/mol. The van der Waals surface area contributed by atoms with Crippen molar-refractivity contribution in [1.29, 1.82) is 0 Å². The Labute approximate surface area is 174 Å². The third-order valence-electron chi connectivity index (χ3n) is 5.13. The summed E-state index contributed by atoms with van der Waals surface area (Å²) in [6.07, 6.45) is 2.23. The summed E-state index contributed by atoms with van der Waals surface area (Å²) in [6.45, 7) is 4.34. The number of allylic oxidation sites excluding steroid dienone is 2. The molecule has 0 spiro atoms. The highest BCUT2D eigenvalue weighted by atomic mass is 32.2. The topological polar surface area (TPSA) is 78.3 Å². The first kappa shape index (κ1) is 19.8. The van der Waals surface area contributed by atoms with Crippen molar-refractivity contribution in [3.63, 3.8) is 0 Å². The number of ketones is 1. The summed E-state index contributed by atoms with van der Waals surface area (Å²) in [5.41, 5.74) is 2.59. The zero-order valence-corrected chi connectivity index (χ0v) is 18.0. The van der Waals surface area contributed by atoms with Gasteiger partial charge in [0.25, 0.3) is 0 Å². The summed E-state index contributed by atoms with van der Waals surface area (Å²) >= 11 is 1.63. The summed E-state index contributed by atoms with van der Waals surface area (Å²) in [7, 11) is 3.25. The Kier molecular flexibility index (Phi) is 5.54. The lowest BCUT2D eigenvalue weighted by atomic mass is 9.85. The molecule has 0 saturated carbocycles. The van der Waals surface area contributed by atoms with Crippen LogP contribution in [0.15, 0.2) is 34.6 Å². The fourth-order valence-corrected chi connectivity index (χ4v) is 4.55. The van der Waals surface area contributed by atoms with Crippen LogP contribution >= 0.6 is 11.8 Å². The van der Waals surface area contributed by atoms with Crippen molar-refractivity contribution in [3.8, 4) is 11.5 Å². The van der Waals surface area contributed by atoms with Crippen LogP contribution in [0.3, 0.4) is 0 Å². The second-order valence-corrected chi connectivity index (χ2v) is 8.66. The van der Waals surface area contributed by atoms with Gasteiger partial charge in [0.1, 0.15) is 17.5 Å². The van der Waals surface area contributed by atoms with E-state index in [0.29, 0.717) is 34.9 Å². The van der Waals surface area contributed by atoms with E-state index in [1.807, 2.05) is 22.9 Å². The number of anilines is 1. The first-order chi connectivity index (χ1) is 14.0. The first-order valence-electron chi connectivity index (χ1n) is 9.86. The SMILES string of the molecule is COc1ccc([C@H]2C3=C(CCCC3=O)Nc3nc(SCC(C)C)nn32)c(OC)c1. The lowest BCUT2D eigenvalue weighted by Gasteiger charge is -2.32. The Bertz CT molecular complexity index is 967. The van der Waals surface area contributed by atoms with Crippen LogP contribution < -0.4 is 14.8 Å². The zero-order chi connectivity index (χ0) is 20.5. The highest BCUT2D eigenvalue weighted by molar-refractivity contribution is 7.99. The van der Waals surface area contributed by atoms with Crippen LogP contribution in [0.5, 0.6) is 11.5 Å². The molecule has 154 valence electrons. The molecule has 1 aromatic carbocycles. The largest absolute Gasteiger partial charge is 0.497 e. The molecule has 2 aromatic rings. The minimum Gasteiger partial charge on any atom is -0.497 e. The second kappa shape index (κ2) is 8.10. The highest BCUT2D eigenvalue weighted by Crippen LogP contribution is 2.44. The monoisotopic (exact) mass is 414 g/mol. The molecule has 2 aliphatic rings. The molecule has 1 atom stereocenters. The Morgan fingerprint density at radius 1 is 1.28 bits per heavy atom. The number of benzene rings is 1. The number of aromatic nitrogens is 3. The molecule has 0 radical (unpaired) electrons. The normalized spacial score (nSPS) is 18.4. The van der Waals surface area contributed by atoms with Gasteiger partial charge in [0.2, 0.25) is 11.1 Å². The van der Waals surface area contributed by atoms with Crippen LogP contribution in [-0.4, -0.2) is 40.5 Å². The number of fused-ring (bicyclic) bond motifs is 1. The molecule has 0 amide bonds. The van der Waals surface area contributed by atoms with Crippen molar-refractivity contribution < 1.29 is 14.3 Å². The molecular formula is C21H26N4O3S. The molecule has 0 bridgehead atoms. The van der Waals surface area contributed by atoms with Crippen molar-refractivity contribution in [2.45, 2.75) is 44.3 Å². The molecule has 0 fully saturated rings. The van der Waals surface area contributed by atoms with Gasteiger partial charge in [-0.1, -0.05) is 25.6 Å². The summed E-state index contributed by atoms with van der Waals surface area (Å²) < 4.78 is 12.8. The van der Waals surface area contributed by atoms with Crippen molar-refractivity contribution >= 4 is 23.5 Å². The number of hydrogen-bond acceptors (Lipinski definition) is 7. The van der Waals surface area contributed by atoms with Crippen LogP contribution in [0, 0.1) is 5.92 Å². The quantitative estimate of drug-likeness (QED) is 0.714. The van der Waals surface area contributed by atoms with E-state index in [-0.39, 0.29) is 11.8 Å². The van der Waals surface area contributed by atoms with Crippen molar-refractivity contribution in [2.75, 3.05) is 25.3 Å². The number of nitrogens with one attached hydrogen (secondary N) is 1. The summed E-state index contributed by atoms with van der Waals surface area (Å²) in [6, 6.07) is 5.32. The molecule has 29 heavy (non-hydrogen) atoms. The van der Waals surface area contributed by atoms with E-state index in [1.54, 1.807) is 26.0 Å². The maximum Gasteiger partial charge on any atom is 0.227 e. The molecule has 2 heterocycles. The Morgan fingerprint density at radius 2 is 2.10 bits per heavy atom.